The number of hydrogen-bond acceptors (Lipinski definition) is 7. The standard InChI is InChI=1S/C24H22F6N6O4S/c1-13-32-12-36(34-13)14-2-3-18(16(8-14)23(25,26)27)41(39,40)15-9-17(19(37)33-21(11-31)4-5-21)35(10-15)20(38)22(6-7-22)24(28,29)30/h2-3,8,12,15,17H,4-7,9-10H2,1H3,(H,33,37)/t15-,17+/m1/s1. The number of nitriles is 1. The van der Waals surface area contributed by atoms with Gasteiger partial charge in [-0.3, -0.25) is 9.59 Å². The number of likely N-dealkylation sites (tertiary alicyclic amines) is 1. The van der Waals surface area contributed by atoms with E-state index in [0.717, 1.165) is 17.1 Å². The van der Waals surface area contributed by atoms with Crippen LogP contribution in [0.1, 0.15) is 43.5 Å². The molecular formula is C24H22F6N6O4S. The summed E-state index contributed by atoms with van der Waals surface area (Å²) in [4.78, 5) is 29.4. The summed E-state index contributed by atoms with van der Waals surface area (Å²) in [7, 11) is -4.96. The SMILES string of the molecule is Cc1ncn(-c2ccc(S(=O)(=O)[C@@H]3C[C@@H](C(=O)NC4(C#N)CC4)N(C(=O)C4(C(F)(F)F)CC4)C3)c(C(F)(F)F)c2)n1. The minimum absolute atomic E-state index is 0.149. The average molecular weight is 605 g/mol. The molecule has 17 heteroatoms. The van der Waals surface area contributed by atoms with Crippen molar-refractivity contribution in [3.63, 3.8) is 0 Å². The quantitative estimate of drug-likeness (QED) is 0.501. The summed E-state index contributed by atoms with van der Waals surface area (Å²) in [6.45, 7) is 0.559. The number of nitrogens with one attached hydrogen (secondary N) is 1. The van der Waals surface area contributed by atoms with Gasteiger partial charge in [0.15, 0.2) is 9.84 Å². The molecule has 1 aromatic carbocycles. The van der Waals surface area contributed by atoms with Crippen LogP contribution in [0.25, 0.3) is 5.69 Å². The van der Waals surface area contributed by atoms with E-state index < -0.39 is 92.5 Å². The lowest BCUT2D eigenvalue weighted by Gasteiger charge is -2.29. The molecule has 0 spiro atoms. The Morgan fingerprint density at radius 1 is 1.12 bits per heavy atom. The van der Waals surface area contributed by atoms with Crippen LogP contribution in [0.4, 0.5) is 26.3 Å². The molecule has 10 nitrogen and oxygen atoms in total. The van der Waals surface area contributed by atoms with Crippen molar-refractivity contribution in [3.8, 4) is 11.8 Å². The van der Waals surface area contributed by atoms with Crippen LogP contribution < -0.4 is 5.32 Å². The van der Waals surface area contributed by atoms with Gasteiger partial charge in [-0.05, 0) is 57.2 Å². The van der Waals surface area contributed by atoms with E-state index in [1.54, 1.807) is 0 Å². The zero-order valence-corrected chi connectivity index (χ0v) is 22.1. The van der Waals surface area contributed by atoms with E-state index in [9.17, 15) is 49.6 Å². The highest BCUT2D eigenvalue weighted by atomic mass is 32.2. The number of halogens is 6. The molecule has 1 aliphatic heterocycles. The van der Waals surface area contributed by atoms with E-state index in [-0.39, 0.29) is 24.4 Å². The molecule has 2 atom stereocenters. The van der Waals surface area contributed by atoms with E-state index in [1.165, 1.54) is 6.92 Å². The number of amides is 2. The van der Waals surface area contributed by atoms with Gasteiger partial charge in [-0.25, -0.2) is 18.1 Å². The third-order valence-electron chi connectivity index (χ3n) is 7.74. The summed E-state index contributed by atoms with van der Waals surface area (Å²) < 4.78 is 112. The Bertz CT molecular complexity index is 1570. The highest BCUT2D eigenvalue weighted by Crippen LogP contribution is 2.59. The maximum atomic E-state index is 14.1. The Balaban J connectivity index is 1.52. The number of alkyl halides is 6. The molecule has 2 aliphatic carbocycles. The maximum absolute atomic E-state index is 14.1. The molecule has 0 radical (unpaired) electrons. The number of carbonyl (C=O) groups excluding carboxylic acids is 2. The minimum atomic E-state index is -5.17. The van der Waals surface area contributed by atoms with Crippen LogP contribution >= 0.6 is 0 Å². The van der Waals surface area contributed by atoms with E-state index in [4.69, 9.17) is 0 Å². The van der Waals surface area contributed by atoms with Crippen molar-refractivity contribution in [1.82, 2.24) is 25.0 Å². The van der Waals surface area contributed by atoms with Gasteiger partial charge in [-0.1, -0.05) is 0 Å². The zero-order chi connectivity index (χ0) is 30.2. The van der Waals surface area contributed by atoms with E-state index in [1.807, 2.05) is 6.07 Å². The van der Waals surface area contributed by atoms with Gasteiger partial charge in [0.25, 0.3) is 0 Å². The molecule has 3 aliphatic rings. The van der Waals surface area contributed by atoms with Crippen LogP contribution in [0, 0.1) is 23.7 Å². The molecular weight excluding hydrogens is 582 g/mol. The van der Waals surface area contributed by atoms with Crippen LogP contribution in [-0.2, 0) is 25.6 Å². The molecule has 0 unspecified atom stereocenters. The lowest BCUT2D eigenvalue weighted by atomic mass is 10.0. The second kappa shape index (κ2) is 9.16. The number of benzene rings is 1. The smallest absolute Gasteiger partial charge is 0.336 e. The topological polar surface area (TPSA) is 138 Å². The molecule has 2 heterocycles. The molecule has 41 heavy (non-hydrogen) atoms. The molecule has 1 N–H and O–H groups in total. The number of nitrogens with zero attached hydrogens (tertiary/aromatic N) is 5. The van der Waals surface area contributed by atoms with Crippen molar-refractivity contribution < 1.29 is 44.3 Å². The number of aromatic nitrogens is 3. The zero-order valence-electron chi connectivity index (χ0n) is 21.3. The first-order chi connectivity index (χ1) is 18.9. The van der Waals surface area contributed by atoms with Gasteiger partial charge in [0, 0.05) is 6.54 Å². The Morgan fingerprint density at radius 2 is 1.78 bits per heavy atom. The van der Waals surface area contributed by atoms with Crippen LogP contribution in [0.3, 0.4) is 0 Å². The second-order valence-corrected chi connectivity index (χ2v) is 12.8. The van der Waals surface area contributed by atoms with Crippen molar-refractivity contribution in [1.29, 1.82) is 5.26 Å². The van der Waals surface area contributed by atoms with Crippen molar-refractivity contribution >= 4 is 21.7 Å². The highest BCUT2D eigenvalue weighted by Gasteiger charge is 2.70. The number of sulfone groups is 1. The Hall–Kier alpha value is -3.68. The van der Waals surface area contributed by atoms with Gasteiger partial charge in [0.05, 0.1) is 27.5 Å². The van der Waals surface area contributed by atoms with Crippen LogP contribution in [0.5, 0.6) is 0 Å². The molecule has 220 valence electrons. The first-order valence-electron chi connectivity index (χ1n) is 12.4. The lowest BCUT2D eigenvalue weighted by molar-refractivity contribution is -0.199. The third-order valence-corrected chi connectivity index (χ3v) is 9.93. The van der Waals surface area contributed by atoms with Gasteiger partial charge in [-0.2, -0.15) is 36.7 Å². The fourth-order valence-electron chi connectivity index (χ4n) is 5.00. The molecule has 0 bridgehead atoms. The Morgan fingerprint density at radius 3 is 2.27 bits per heavy atom. The van der Waals surface area contributed by atoms with E-state index >= 15 is 0 Å². The molecule has 1 aromatic heterocycles. The fourth-order valence-corrected chi connectivity index (χ4v) is 6.89. The number of rotatable bonds is 6. The summed E-state index contributed by atoms with van der Waals surface area (Å²) in [5.74, 6) is -2.31. The molecule has 3 fully saturated rings. The summed E-state index contributed by atoms with van der Waals surface area (Å²) in [5, 5.41) is 13.7. The van der Waals surface area contributed by atoms with Gasteiger partial charge in [0.2, 0.25) is 11.8 Å². The number of carbonyl (C=O) groups is 2. The van der Waals surface area contributed by atoms with Crippen LogP contribution in [0.15, 0.2) is 29.4 Å². The van der Waals surface area contributed by atoms with Gasteiger partial charge in [-0.15, -0.1) is 0 Å². The predicted molar refractivity (Wildman–Crippen MR) is 126 cm³/mol. The average Bonchev–Trinajstić information content (AvgIpc) is 3.77. The third kappa shape index (κ3) is 4.91. The predicted octanol–water partition coefficient (Wildman–Crippen LogP) is 2.85. The van der Waals surface area contributed by atoms with Gasteiger partial charge >= 0.3 is 12.4 Å². The first kappa shape index (κ1) is 28.8. The Labute approximate surface area is 229 Å². The minimum Gasteiger partial charge on any atom is -0.336 e. The Kier molecular flexibility index (Phi) is 6.44. The molecule has 5 rings (SSSR count). The summed E-state index contributed by atoms with van der Waals surface area (Å²) in [5.41, 5.74) is -5.79. The largest absolute Gasteiger partial charge is 0.417 e. The molecule has 1 saturated heterocycles. The number of hydrogen-bond donors (Lipinski definition) is 1. The molecule has 2 amide bonds. The maximum Gasteiger partial charge on any atom is 0.417 e. The summed E-state index contributed by atoms with van der Waals surface area (Å²) >= 11 is 0. The van der Waals surface area contributed by atoms with Crippen LogP contribution in [0.2, 0.25) is 0 Å². The lowest BCUT2D eigenvalue weighted by Crippen LogP contribution is -2.53. The van der Waals surface area contributed by atoms with Gasteiger partial charge < -0.3 is 10.2 Å². The van der Waals surface area contributed by atoms with Crippen molar-refractivity contribution in [2.45, 2.75) is 73.1 Å². The van der Waals surface area contributed by atoms with Crippen molar-refractivity contribution in [3.05, 3.63) is 35.9 Å². The van der Waals surface area contributed by atoms with E-state index in [0.29, 0.717) is 17.0 Å². The molecule has 2 aromatic rings. The number of aryl methyl sites for hydroxylation is 1. The second-order valence-electron chi connectivity index (χ2n) is 10.6. The fraction of sp³-hybridized carbons (Fsp3) is 0.542. The normalized spacial score (nSPS) is 23.1. The summed E-state index contributed by atoms with van der Waals surface area (Å²) in [6, 6.07) is 2.44. The molecule has 2 saturated carbocycles. The van der Waals surface area contributed by atoms with Crippen LogP contribution in [-0.4, -0.2) is 69.4 Å². The van der Waals surface area contributed by atoms with Crippen molar-refractivity contribution in [2.24, 2.45) is 5.41 Å². The monoisotopic (exact) mass is 604 g/mol. The van der Waals surface area contributed by atoms with Crippen molar-refractivity contribution in [2.75, 3.05) is 6.54 Å². The highest BCUT2D eigenvalue weighted by molar-refractivity contribution is 7.92. The summed E-state index contributed by atoms with van der Waals surface area (Å²) in [6.07, 6.45) is -10.4. The van der Waals surface area contributed by atoms with E-state index in [2.05, 4.69) is 15.4 Å². The first-order valence-corrected chi connectivity index (χ1v) is 13.9. The van der Waals surface area contributed by atoms with Gasteiger partial charge in [0.1, 0.15) is 29.1 Å².